The maximum absolute atomic E-state index is 13.4. The van der Waals surface area contributed by atoms with E-state index in [2.05, 4.69) is 10.4 Å². The van der Waals surface area contributed by atoms with Gasteiger partial charge in [-0.3, -0.25) is 4.68 Å². The number of hydrogen-bond acceptors (Lipinski definition) is 2. The van der Waals surface area contributed by atoms with E-state index in [0.29, 0.717) is 18.5 Å². The number of hydrogen-bond donors (Lipinski definition) is 1. The summed E-state index contributed by atoms with van der Waals surface area (Å²) >= 11 is 0. The molecule has 0 aliphatic heterocycles. The van der Waals surface area contributed by atoms with Gasteiger partial charge in [0, 0.05) is 25.4 Å². The smallest absolute Gasteiger partial charge is 0.162 e. The van der Waals surface area contributed by atoms with Gasteiger partial charge in [-0.15, -0.1) is 0 Å². The molecule has 0 radical (unpaired) electrons. The Balaban J connectivity index is 1.90. The lowest BCUT2D eigenvalue weighted by Crippen LogP contribution is -2.08. The van der Waals surface area contributed by atoms with Crippen LogP contribution in [0.3, 0.4) is 0 Å². The zero-order valence-corrected chi connectivity index (χ0v) is 10.2. The molecule has 1 aromatic heterocycles. The zero-order chi connectivity index (χ0) is 13.0. The van der Waals surface area contributed by atoms with Crippen LogP contribution >= 0.6 is 0 Å². The van der Waals surface area contributed by atoms with Crippen molar-refractivity contribution < 1.29 is 8.78 Å². The van der Waals surface area contributed by atoms with E-state index >= 15 is 0 Å². The first-order valence-electron chi connectivity index (χ1n) is 5.91. The van der Waals surface area contributed by atoms with Crippen LogP contribution in [0.1, 0.15) is 12.5 Å². The monoisotopic (exact) mass is 251 g/mol. The minimum atomic E-state index is -0.803. The van der Waals surface area contributed by atoms with Gasteiger partial charge in [-0.25, -0.2) is 8.78 Å². The fraction of sp³-hybridized carbons (Fsp3) is 0.308. The summed E-state index contributed by atoms with van der Waals surface area (Å²) in [6.07, 6.45) is 2.29. The Labute approximate surface area is 104 Å². The van der Waals surface area contributed by atoms with Crippen LogP contribution in [0.15, 0.2) is 30.5 Å². The highest BCUT2D eigenvalue weighted by molar-refractivity contribution is 5.32. The number of rotatable bonds is 5. The van der Waals surface area contributed by atoms with Gasteiger partial charge >= 0.3 is 0 Å². The normalized spacial score (nSPS) is 10.6. The highest BCUT2D eigenvalue weighted by atomic mass is 19.2. The van der Waals surface area contributed by atoms with Crippen molar-refractivity contribution in [1.29, 1.82) is 0 Å². The van der Waals surface area contributed by atoms with E-state index in [1.807, 2.05) is 19.2 Å². The second kappa shape index (κ2) is 5.62. The van der Waals surface area contributed by atoms with Crippen LogP contribution in [0.25, 0.3) is 0 Å². The Morgan fingerprint density at radius 1 is 1.28 bits per heavy atom. The maximum atomic E-state index is 13.4. The molecule has 1 N–H and O–H groups in total. The van der Waals surface area contributed by atoms with E-state index in [9.17, 15) is 8.78 Å². The summed E-state index contributed by atoms with van der Waals surface area (Å²) in [7, 11) is 0. The van der Waals surface area contributed by atoms with E-state index in [0.717, 1.165) is 18.4 Å². The highest BCUT2D eigenvalue weighted by Crippen LogP contribution is 2.12. The third kappa shape index (κ3) is 2.85. The van der Waals surface area contributed by atoms with Crippen LogP contribution < -0.4 is 5.32 Å². The molecule has 1 aromatic carbocycles. The molecular weight excluding hydrogens is 236 g/mol. The van der Waals surface area contributed by atoms with Crippen LogP contribution in [0, 0.1) is 11.6 Å². The Kier molecular flexibility index (Phi) is 3.92. The van der Waals surface area contributed by atoms with Crippen LogP contribution in [0.4, 0.5) is 14.6 Å². The summed E-state index contributed by atoms with van der Waals surface area (Å²) in [6.45, 7) is 3.32. The summed E-state index contributed by atoms with van der Waals surface area (Å²) in [4.78, 5) is 0. The van der Waals surface area contributed by atoms with E-state index in [4.69, 9.17) is 0 Å². The molecule has 0 fully saturated rings. The first-order valence-corrected chi connectivity index (χ1v) is 5.91. The van der Waals surface area contributed by atoms with Crippen LogP contribution in [0.5, 0.6) is 0 Å². The zero-order valence-electron chi connectivity index (χ0n) is 10.2. The van der Waals surface area contributed by atoms with E-state index in [-0.39, 0.29) is 0 Å². The highest BCUT2D eigenvalue weighted by Gasteiger charge is 2.07. The summed E-state index contributed by atoms with van der Waals surface area (Å²) in [5, 5.41) is 7.31. The van der Waals surface area contributed by atoms with Crippen molar-refractivity contribution in [2.75, 3.05) is 11.9 Å². The van der Waals surface area contributed by atoms with Crippen molar-refractivity contribution in [3.63, 3.8) is 0 Å². The minimum Gasteiger partial charge on any atom is -0.368 e. The molecule has 0 aliphatic rings. The number of benzene rings is 1. The fourth-order valence-corrected chi connectivity index (χ4v) is 1.70. The lowest BCUT2D eigenvalue weighted by molar-refractivity contribution is 0.499. The quantitative estimate of drug-likeness (QED) is 0.885. The van der Waals surface area contributed by atoms with Crippen molar-refractivity contribution in [2.24, 2.45) is 0 Å². The van der Waals surface area contributed by atoms with E-state index in [1.54, 1.807) is 10.7 Å². The molecule has 96 valence electrons. The fourth-order valence-electron chi connectivity index (χ4n) is 1.70. The van der Waals surface area contributed by atoms with Crippen LogP contribution in [-0.4, -0.2) is 16.3 Å². The van der Waals surface area contributed by atoms with Gasteiger partial charge in [0.15, 0.2) is 11.6 Å². The molecule has 0 aliphatic carbocycles. The van der Waals surface area contributed by atoms with Gasteiger partial charge in [-0.1, -0.05) is 12.1 Å². The maximum Gasteiger partial charge on any atom is 0.162 e. The number of anilines is 1. The van der Waals surface area contributed by atoms with Crippen molar-refractivity contribution in [3.05, 3.63) is 47.7 Å². The molecule has 0 saturated carbocycles. The van der Waals surface area contributed by atoms with Gasteiger partial charge in [0.1, 0.15) is 5.82 Å². The molecule has 0 bridgehead atoms. The molecule has 2 rings (SSSR count). The lowest BCUT2D eigenvalue weighted by Gasteiger charge is -2.05. The average molecular weight is 251 g/mol. The Morgan fingerprint density at radius 2 is 2.11 bits per heavy atom. The summed E-state index contributed by atoms with van der Waals surface area (Å²) in [6, 6.07) is 6.07. The summed E-state index contributed by atoms with van der Waals surface area (Å²) in [5.74, 6) is -0.824. The predicted molar refractivity (Wildman–Crippen MR) is 66.5 cm³/mol. The lowest BCUT2D eigenvalue weighted by atomic mass is 10.1. The number of halogens is 2. The Hall–Kier alpha value is -1.91. The number of aryl methyl sites for hydroxylation is 1. The largest absolute Gasteiger partial charge is 0.368 e. The molecule has 0 saturated heterocycles. The Bertz CT molecular complexity index is 523. The summed E-state index contributed by atoms with van der Waals surface area (Å²) in [5.41, 5.74) is 0.373. The van der Waals surface area contributed by atoms with Gasteiger partial charge in [0.05, 0.1) is 0 Å². The van der Waals surface area contributed by atoms with Crippen molar-refractivity contribution in [1.82, 2.24) is 9.78 Å². The van der Waals surface area contributed by atoms with Gasteiger partial charge in [-0.2, -0.15) is 5.10 Å². The van der Waals surface area contributed by atoms with Gasteiger partial charge in [0.2, 0.25) is 0 Å². The molecular formula is C13H15F2N3. The topological polar surface area (TPSA) is 29.9 Å². The minimum absolute atomic E-state index is 0.373. The van der Waals surface area contributed by atoms with E-state index in [1.165, 1.54) is 6.07 Å². The predicted octanol–water partition coefficient (Wildman–Crippen LogP) is 2.84. The first-order chi connectivity index (χ1) is 8.70. The second-order valence-electron chi connectivity index (χ2n) is 3.95. The molecule has 5 heteroatoms. The second-order valence-corrected chi connectivity index (χ2v) is 3.95. The number of nitrogens with zero attached hydrogens (tertiary/aromatic N) is 2. The molecule has 2 aromatic rings. The molecule has 0 amide bonds. The number of nitrogens with one attached hydrogen (secondary N) is 1. The molecule has 0 atom stereocenters. The third-order valence-corrected chi connectivity index (χ3v) is 2.70. The molecule has 1 heterocycles. The SMILES string of the molecule is CCn1ccc(NCCc2cccc(F)c2F)n1. The Morgan fingerprint density at radius 3 is 2.83 bits per heavy atom. The third-order valence-electron chi connectivity index (χ3n) is 2.70. The number of aromatic nitrogens is 2. The van der Waals surface area contributed by atoms with Gasteiger partial charge < -0.3 is 5.32 Å². The molecule has 0 unspecified atom stereocenters. The van der Waals surface area contributed by atoms with Crippen molar-refractivity contribution in [2.45, 2.75) is 19.9 Å². The van der Waals surface area contributed by atoms with Crippen molar-refractivity contribution >= 4 is 5.82 Å². The van der Waals surface area contributed by atoms with Crippen LogP contribution in [0.2, 0.25) is 0 Å². The first kappa shape index (κ1) is 12.5. The van der Waals surface area contributed by atoms with Crippen LogP contribution in [-0.2, 0) is 13.0 Å². The standard InChI is InChI=1S/C13H15F2N3/c1-2-18-9-7-12(17-18)16-8-6-10-4-3-5-11(14)13(10)15/h3-5,7,9H,2,6,8H2,1H3,(H,16,17). The average Bonchev–Trinajstić information content (AvgIpc) is 2.82. The molecule has 18 heavy (non-hydrogen) atoms. The summed E-state index contributed by atoms with van der Waals surface area (Å²) < 4.78 is 28.1. The van der Waals surface area contributed by atoms with E-state index < -0.39 is 11.6 Å². The van der Waals surface area contributed by atoms with Gasteiger partial charge in [0.25, 0.3) is 0 Å². The molecule has 3 nitrogen and oxygen atoms in total. The molecule has 0 spiro atoms. The van der Waals surface area contributed by atoms with Crippen molar-refractivity contribution in [3.8, 4) is 0 Å². The van der Waals surface area contributed by atoms with Gasteiger partial charge in [-0.05, 0) is 25.0 Å².